The fourth-order valence-corrected chi connectivity index (χ4v) is 1.89. The Bertz CT molecular complexity index is 474. The van der Waals surface area contributed by atoms with Gasteiger partial charge in [0, 0.05) is 11.8 Å². The van der Waals surface area contributed by atoms with Crippen molar-refractivity contribution < 1.29 is 4.79 Å². The summed E-state index contributed by atoms with van der Waals surface area (Å²) in [5.41, 5.74) is 0.646. The SMILES string of the molecule is O=C(c1ccccc1)n1cc(I)c(I)n1. The van der Waals surface area contributed by atoms with Gasteiger partial charge in [-0.25, -0.2) is 4.68 Å². The van der Waals surface area contributed by atoms with Gasteiger partial charge in [0.2, 0.25) is 0 Å². The van der Waals surface area contributed by atoms with Crippen LogP contribution in [0, 0.1) is 7.27 Å². The van der Waals surface area contributed by atoms with Gasteiger partial charge in [-0.1, -0.05) is 18.2 Å². The van der Waals surface area contributed by atoms with Crippen LogP contribution in [-0.2, 0) is 0 Å². The third kappa shape index (κ3) is 2.39. The van der Waals surface area contributed by atoms with E-state index >= 15 is 0 Å². The molecule has 0 spiro atoms. The molecular weight excluding hydrogens is 418 g/mol. The van der Waals surface area contributed by atoms with Crippen molar-refractivity contribution in [2.75, 3.05) is 0 Å². The van der Waals surface area contributed by atoms with Crippen molar-refractivity contribution in [3.8, 4) is 0 Å². The van der Waals surface area contributed by atoms with Crippen LogP contribution in [0.1, 0.15) is 10.4 Å². The second kappa shape index (κ2) is 4.60. The van der Waals surface area contributed by atoms with Crippen LogP contribution < -0.4 is 0 Å². The van der Waals surface area contributed by atoms with Gasteiger partial charge in [0.25, 0.3) is 5.91 Å². The molecule has 1 aromatic carbocycles. The summed E-state index contributed by atoms with van der Waals surface area (Å²) in [7, 11) is 0. The first-order valence-corrected chi connectivity index (χ1v) is 6.34. The summed E-state index contributed by atoms with van der Waals surface area (Å²) in [6.45, 7) is 0. The van der Waals surface area contributed by atoms with Gasteiger partial charge in [-0.3, -0.25) is 4.79 Å². The summed E-state index contributed by atoms with van der Waals surface area (Å²) < 4.78 is 3.20. The molecule has 0 unspecified atom stereocenters. The van der Waals surface area contributed by atoms with Gasteiger partial charge in [0.1, 0.15) is 3.70 Å². The Morgan fingerprint density at radius 2 is 1.87 bits per heavy atom. The number of carbonyl (C=O) groups is 1. The third-order valence-electron chi connectivity index (χ3n) is 1.86. The van der Waals surface area contributed by atoms with E-state index in [1.807, 2.05) is 18.2 Å². The number of hydrogen-bond donors (Lipinski definition) is 0. The van der Waals surface area contributed by atoms with E-state index in [0.29, 0.717) is 5.56 Å². The molecule has 0 atom stereocenters. The normalized spacial score (nSPS) is 10.3. The second-order valence-corrected chi connectivity index (χ2v) is 5.07. The Kier molecular flexibility index (Phi) is 3.39. The largest absolute Gasteiger partial charge is 0.278 e. The molecule has 0 aliphatic heterocycles. The molecule has 0 saturated heterocycles. The number of rotatable bonds is 1. The van der Waals surface area contributed by atoms with E-state index in [0.717, 1.165) is 7.27 Å². The van der Waals surface area contributed by atoms with E-state index in [9.17, 15) is 4.79 Å². The minimum Gasteiger partial charge on any atom is -0.267 e. The van der Waals surface area contributed by atoms with Gasteiger partial charge in [-0.15, -0.1) is 0 Å². The van der Waals surface area contributed by atoms with Crippen molar-refractivity contribution in [1.82, 2.24) is 9.78 Å². The van der Waals surface area contributed by atoms with Crippen LogP contribution >= 0.6 is 45.2 Å². The molecule has 3 nitrogen and oxygen atoms in total. The molecule has 0 amide bonds. The highest BCUT2D eigenvalue weighted by Gasteiger charge is 2.11. The Balaban J connectivity index is 2.37. The standard InChI is InChI=1S/C10H6I2N2O/c11-8-6-14(13-9(8)12)10(15)7-4-2-1-3-5-7/h1-6H. The highest BCUT2D eigenvalue weighted by Crippen LogP contribution is 2.13. The monoisotopic (exact) mass is 424 g/mol. The maximum absolute atomic E-state index is 11.9. The molecule has 0 aliphatic carbocycles. The number of halogens is 2. The number of hydrogen-bond acceptors (Lipinski definition) is 2. The Morgan fingerprint density at radius 1 is 1.20 bits per heavy atom. The van der Waals surface area contributed by atoms with Gasteiger partial charge in [-0.05, 0) is 57.3 Å². The first-order chi connectivity index (χ1) is 7.18. The van der Waals surface area contributed by atoms with E-state index < -0.39 is 0 Å². The highest BCUT2D eigenvalue weighted by molar-refractivity contribution is 14.1. The van der Waals surface area contributed by atoms with Crippen molar-refractivity contribution in [1.29, 1.82) is 0 Å². The highest BCUT2D eigenvalue weighted by atomic mass is 127. The van der Waals surface area contributed by atoms with E-state index in [4.69, 9.17) is 0 Å². The minimum absolute atomic E-state index is 0.101. The number of aromatic nitrogens is 2. The fraction of sp³-hybridized carbons (Fsp3) is 0. The lowest BCUT2D eigenvalue weighted by Crippen LogP contribution is -2.12. The molecule has 15 heavy (non-hydrogen) atoms. The third-order valence-corrected chi connectivity index (χ3v) is 4.48. The lowest BCUT2D eigenvalue weighted by Gasteiger charge is -1.98. The lowest BCUT2D eigenvalue weighted by molar-refractivity contribution is 0.0944. The number of benzene rings is 1. The Hall–Kier alpha value is -0.440. The zero-order valence-corrected chi connectivity index (χ0v) is 11.8. The van der Waals surface area contributed by atoms with E-state index in [-0.39, 0.29) is 5.91 Å². The first-order valence-electron chi connectivity index (χ1n) is 4.19. The molecule has 0 aliphatic rings. The maximum Gasteiger partial charge on any atom is 0.278 e. The zero-order valence-electron chi connectivity index (χ0n) is 7.52. The molecule has 1 aromatic heterocycles. The summed E-state index contributed by atoms with van der Waals surface area (Å²) >= 11 is 4.26. The van der Waals surface area contributed by atoms with E-state index in [1.54, 1.807) is 18.3 Å². The van der Waals surface area contributed by atoms with Gasteiger partial charge < -0.3 is 0 Å². The fourth-order valence-electron chi connectivity index (χ4n) is 1.15. The van der Waals surface area contributed by atoms with Crippen molar-refractivity contribution in [2.24, 2.45) is 0 Å². The summed E-state index contributed by atoms with van der Waals surface area (Å²) in [5.74, 6) is -0.101. The molecule has 0 radical (unpaired) electrons. The first kappa shape index (κ1) is 11.1. The van der Waals surface area contributed by atoms with Crippen LogP contribution in [0.5, 0.6) is 0 Å². The Morgan fingerprint density at radius 3 is 2.40 bits per heavy atom. The summed E-state index contributed by atoms with van der Waals surface area (Å²) in [6.07, 6.45) is 1.73. The zero-order chi connectivity index (χ0) is 10.8. The molecule has 0 saturated carbocycles. The van der Waals surface area contributed by atoms with Crippen LogP contribution in [0.15, 0.2) is 36.5 Å². The molecule has 76 valence electrons. The molecule has 2 aromatic rings. The Labute approximate surface area is 114 Å². The molecule has 1 heterocycles. The van der Waals surface area contributed by atoms with Gasteiger partial charge >= 0.3 is 0 Å². The van der Waals surface area contributed by atoms with Crippen molar-refractivity contribution >= 4 is 51.1 Å². The van der Waals surface area contributed by atoms with Crippen LogP contribution in [0.4, 0.5) is 0 Å². The van der Waals surface area contributed by atoms with Gasteiger partial charge in [-0.2, -0.15) is 5.10 Å². The molecule has 0 bridgehead atoms. The van der Waals surface area contributed by atoms with E-state index in [1.165, 1.54) is 4.68 Å². The maximum atomic E-state index is 11.9. The van der Waals surface area contributed by atoms with Crippen molar-refractivity contribution in [3.05, 3.63) is 49.4 Å². The van der Waals surface area contributed by atoms with Gasteiger partial charge in [0.05, 0.1) is 3.57 Å². The molecule has 0 N–H and O–H groups in total. The van der Waals surface area contributed by atoms with Crippen molar-refractivity contribution in [3.63, 3.8) is 0 Å². The van der Waals surface area contributed by atoms with Crippen molar-refractivity contribution in [2.45, 2.75) is 0 Å². The lowest BCUT2D eigenvalue weighted by atomic mass is 10.2. The number of nitrogens with zero attached hydrogens (tertiary/aromatic N) is 2. The average molecular weight is 424 g/mol. The van der Waals surface area contributed by atoms with Crippen LogP contribution in [-0.4, -0.2) is 15.7 Å². The molecular formula is C10H6I2N2O. The molecule has 2 rings (SSSR count). The summed E-state index contributed by atoms with van der Waals surface area (Å²) in [6, 6.07) is 9.13. The predicted molar refractivity (Wildman–Crippen MR) is 73.8 cm³/mol. The van der Waals surface area contributed by atoms with Crippen LogP contribution in [0.25, 0.3) is 0 Å². The predicted octanol–water partition coefficient (Wildman–Crippen LogP) is 2.78. The van der Waals surface area contributed by atoms with E-state index in [2.05, 4.69) is 50.3 Å². The molecule has 5 heteroatoms. The van der Waals surface area contributed by atoms with Gasteiger partial charge in [0.15, 0.2) is 0 Å². The minimum atomic E-state index is -0.101. The second-order valence-electron chi connectivity index (χ2n) is 2.88. The summed E-state index contributed by atoms with van der Waals surface area (Å²) in [4.78, 5) is 11.9. The van der Waals surface area contributed by atoms with Crippen LogP contribution in [0.2, 0.25) is 0 Å². The average Bonchev–Trinajstić information content (AvgIpc) is 2.59. The quantitative estimate of drug-likeness (QED) is 0.661. The molecule has 0 fully saturated rings. The van der Waals surface area contributed by atoms with Crippen LogP contribution in [0.3, 0.4) is 0 Å². The smallest absolute Gasteiger partial charge is 0.267 e. The summed E-state index contributed by atoms with van der Waals surface area (Å²) in [5, 5.41) is 4.13. The number of carbonyl (C=O) groups excluding carboxylic acids is 1. The topological polar surface area (TPSA) is 34.9 Å².